The smallest absolute Gasteiger partial charge is 0.307 e. The van der Waals surface area contributed by atoms with E-state index >= 15 is 0 Å². The third-order valence-electron chi connectivity index (χ3n) is 1.74. The molecule has 0 aromatic rings. The Kier molecular flexibility index (Phi) is 1.51. The molecule has 0 bridgehead atoms. The average molecular weight is 127 g/mol. The zero-order valence-electron chi connectivity index (χ0n) is 4.83. The lowest BCUT2D eigenvalue weighted by molar-refractivity contribution is -0.146. The normalized spacial score (nSPS) is 32.9. The van der Waals surface area contributed by atoms with Gasteiger partial charge in [0.1, 0.15) is 0 Å². The maximum atomic E-state index is 10.2. The highest BCUT2D eigenvalue weighted by molar-refractivity contribution is 5.76. The van der Waals surface area contributed by atoms with Crippen molar-refractivity contribution in [1.29, 1.82) is 0 Å². The van der Waals surface area contributed by atoms with Crippen molar-refractivity contribution in [2.75, 3.05) is 0 Å². The Labute approximate surface area is 52.7 Å². The van der Waals surface area contributed by atoms with Crippen molar-refractivity contribution in [3.8, 4) is 0 Å². The number of carbonyl (C=O) groups excluding carboxylic acids is 1. The van der Waals surface area contributed by atoms with Crippen LogP contribution in [0.3, 0.4) is 0 Å². The van der Waals surface area contributed by atoms with Gasteiger partial charge in [-0.15, -0.1) is 0 Å². The maximum Gasteiger partial charge on any atom is 0.307 e. The highest BCUT2D eigenvalue weighted by Crippen LogP contribution is 2.32. The lowest BCUT2D eigenvalue weighted by Crippen LogP contribution is -2.33. The van der Waals surface area contributed by atoms with Crippen LogP contribution in [0.1, 0.15) is 12.8 Å². The van der Waals surface area contributed by atoms with Gasteiger partial charge in [0.25, 0.3) is 0 Å². The molecule has 0 aromatic carbocycles. The van der Waals surface area contributed by atoms with E-state index in [-0.39, 0.29) is 5.92 Å². The first-order valence-corrected chi connectivity index (χ1v) is 2.86. The maximum absolute atomic E-state index is 10.2. The zero-order chi connectivity index (χ0) is 6.85. The van der Waals surface area contributed by atoms with E-state index in [4.69, 9.17) is 5.11 Å². The van der Waals surface area contributed by atoms with Crippen molar-refractivity contribution in [3.63, 3.8) is 0 Å². The molecule has 3 heteroatoms. The number of carboxylic acid groups (broad SMARTS) is 1. The Hall–Kier alpha value is -0.860. The van der Waals surface area contributed by atoms with Crippen LogP contribution in [0.15, 0.2) is 0 Å². The van der Waals surface area contributed by atoms with Gasteiger partial charge in [0, 0.05) is 5.92 Å². The third-order valence-corrected chi connectivity index (χ3v) is 1.74. The molecule has 49 valence electrons. The number of hydrogen-bond donors (Lipinski definition) is 1. The molecule has 0 heterocycles. The number of hydrogen-bond acceptors (Lipinski definition) is 2. The second-order valence-electron chi connectivity index (χ2n) is 2.25. The fraction of sp³-hybridized carbons (Fsp3) is 0.667. The minimum absolute atomic E-state index is 0.331. The number of carboxylic acids is 1. The summed E-state index contributed by atoms with van der Waals surface area (Å²) < 4.78 is 0. The largest absolute Gasteiger partial charge is 0.481 e. The molecule has 3 nitrogen and oxygen atoms in total. The first-order chi connectivity index (χ1) is 4.25. The van der Waals surface area contributed by atoms with Crippen molar-refractivity contribution in [2.45, 2.75) is 12.8 Å². The summed E-state index contributed by atoms with van der Waals surface area (Å²) in [6, 6.07) is 0. The van der Waals surface area contributed by atoms with E-state index in [0.29, 0.717) is 12.8 Å². The van der Waals surface area contributed by atoms with Gasteiger partial charge in [-0.25, -0.2) is 0 Å². The molecular weight excluding hydrogens is 120 g/mol. The Morgan fingerprint density at radius 3 is 2.33 bits per heavy atom. The van der Waals surface area contributed by atoms with E-state index in [2.05, 4.69) is 0 Å². The lowest BCUT2D eigenvalue weighted by atomic mass is 9.75. The van der Waals surface area contributed by atoms with Crippen molar-refractivity contribution in [1.82, 2.24) is 0 Å². The summed E-state index contributed by atoms with van der Waals surface area (Å²) in [4.78, 5) is 20.1. The van der Waals surface area contributed by atoms with Crippen LogP contribution in [-0.4, -0.2) is 17.4 Å². The summed E-state index contributed by atoms with van der Waals surface area (Å²) in [5.41, 5.74) is 0. The van der Waals surface area contributed by atoms with Crippen LogP contribution in [0.4, 0.5) is 0 Å². The number of carbonyl (C=O) groups is 1. The van der Waals surface area contributed by atoms with Crippen molar-refractivity contribution in [2.24, 2.45) is 11.8 Å². The highest BCUT2D eigenvalue weighted by Gasteiger charge is 2.36. The summed E-state index contributed by atoms with van der Waals surface area (Å²) in [7, 11) is 0. The van der Waals surface area contributed by atoms with Gasteiger partial charge in [0.05, 0.1) is 5.92 Å². The van der Waals surface area contributed by atoms with Gasteiger partial charge in [0.2, 0.25) is 6.29 Å². The van der Waals surface area contributed by atoms with Crippen molar-refractivity contribution >= 4 is 12.3 Å². The van der Waals surface area contributed by atoms with Gasteiger partial charge in [-0.1, -0.05) is 0 Å². The van der Waals surface area contributed by atoms with E-state index in [1.807, 2.05) is 0 Å². The SMILES string of the molecule is O=[C]C1CCC1C(=O)O. The van der Waals surface area contributed by atoms with Crippen LogP contribution in [0.2, 0.25) is 0 Å². The van der Waals surface area contributed by atoms with Crippen LogP contribution in [-0.2, 0) is 9.59 Å². The fourth-order valence-corrected chi connectivity index (χ4v) is 0.937. The standard InChI is InChI=1S/C6H7O3/c7-3-4-1-2-5(4)6(8)9/h4-5H,1-2H2,(H,8,9). The summed E-state index contributed by atoms with van der Waals surface area (Å²) in [5.74, 6) is -1.64. The number of aliphatic carboxylic acids is 1. The van der Waals surface area contributed by atoms with Crippen LogP contribution in [0.5, 0.6) is 0 Å². The summed E-state index contributed by atoms with van der Waals surface area (Å²) >= 11 is 0. The molecule has 2 atom stereocenters. The van der Waals surface area contributed by atoms with Crippen LogP contribution in [0.25, 0.3) is 0 Å². The zero-order valence-corrected chi connectivity index (χ0v) is 4.83. The van der Waals surface area contributed by atoms with E-state index < -0.39 is 11.9 Å². The first-order valence-electron chi connectivity index (χ1n) is 2.86. The molecule has 0 aromatic heterocycles. The Balaban J connectivity index is 2.44. The predicted octanol–water partition coefficient (Wildman–Crippen LogP) is 0.207. The molecule has 9 heavy (non-hydrogen) atoms. The Morgan fingerprint density at radius 1 is 1.56 bits per heavy atom. The molecule has 1 saturated carbocycles. The molecule has 0 aliphatic heterocycles. The monoisotopic (exact) mass is 127 g/mol. The van der Waals surface area contributed by atoms with E-state index in [1.165, 1.54) is 0 Å². The minimum atomic E-state index is -0.866. The summed E-state index contributed by atoms with van der Waals surface area (Å²) in [6.45, 7) is 0. The number of rotatable bonds is 2. The predicted molar refractivity (Wildman–Crippen MR) is 29.5 cm³/mol. The van der Waals surface area contributed by atoms with E-state index in [9.17, 15) is 9.59 Å². The molecule has 2 unspecified atom stereocenters. The molecule has 1 radical (unpaired) electrons. The van der Waals surface area contributed by atoms with Gasteiger partial charge < -0.3 is 5.11 Å². The molecule has 0 amide bonds. The molecule has 0 saturated heterocycles. The molecule has 1 aliphatic rings. The molecule has 1 aliphatic carbocycles. The third kappa shape index (κ3) is 0.943. The molecule has 0 spiro atoms. The van der Waals surface area contributed by atoms with Crippen LogP contribution < -0.4 is 0 Å². The van der Waals surface area contributed by atoms with E-state index in [1.54, 1.807) is 6.29 Å². The van der Waals surface area contributed by atoms with Gasteiger partial charge in [-0.3, -0.25) is 9.59 Å². The van der Waals surface area contributed by atoms with Crippen LogP contribution >= 0.6 is 0 Å². The summed E-state index contributed by atoms with van der Waals surface area (Å²) in [5, 5.41) is 8.36. The van der Waals surface area contributed by atoms with E-state index in [0.717, 1.165) is 0 Å². The van der Waals surface area contributed by atoms with Crippen molar-refractivity contribution in [3.05, 3.63) is 0 Å². The van der Waals surface area contributed by atoms with Gasteiger partial charge in [-0.05, 0) is 12.8 Å². The van der Waals surface area contributed by atoms with Crippen LogP contribution in [0, 0.1) is 11.8 Å². The van der Waals surface area contributed by atoms with Gasteiger partial charge >= 0.3 is 5.97 Å². The molecular formula is C6H7O3. The highest BCUT2D eigenvalue weighted by atomic mass is 16.4. The molecule has 1 fully saturated rings. The topological polar surface area (TPSA) is 54.4 Å². The fourth-order valence-electron chi connectivity index (χ4n) is 0.937. The molecule has 1 N–H and O–H groups in total. The van der Waals surface area contributed by atoms with Crippen molar-refractivity contribution < 1.29 is 14.7 Å². The lowest BCUT2D eigenvalue weighted by Gasteiger charge is -2.27. The average Bonchev–Trinajstić information content (AvgIpc) is 1.61. The second-order valence-corrected chi connectivity index (χ2v) is 2.25. The Bertz CT molecular complexity index is 141. The minimum Gasteiger partial charge on any atom is -0.481 e. The first kappa shape index (κ1) is 6.26. The second kappa shape index (κ2) is 2.17. The summed E-state index contributed by atoms with van der Waals surface area (Å²) in [6.07, 6.45) is 3.03. The van der Waals surface area contributed by atoms with Gasteiger partial charge in [0.15, 0.2) is 0 Å². The quantitative estimate of drug-likeness (QED) is 0.576. The molecule has 1 rings (SSSR count). The van der Waals surface area contributed by atoms with Gasteiger partial charge in [-0.2, -0.15) is 0 Å². The Morgan fingerprint density at radius 2 is 2.22 bits per heavy atom.